The molecule has 5 rings (SSSR count). The zero-order valence-electron chi connectivity index (χ0n) is 26.7. The van der Waals surface area contributed by atoms with Gasteiger partial charge in [0.05, 0.1) is 0 Å². The lowest BCUT2D eigenvalue weighted by Crippen LogP contribution is -2.42. The molecule has 248 valence electrons. The van der Waals surface area contributed by atoms with Crippen LogP contribution in [0.1, 0.15) is 34.5 Å². The summed E-state index contributed by atoms with van der Waals surface area (Å²) in [4.78, 5) is 57.5. The van der Waals surface area contributed by atoms with E-state index in [0.717, 1.165) is 16.7 Å². The number of carbonyl (C=O) groups excluding carboxylic acids is 3. The van der Waals surface area contributed by atoms with Crippen molar-refractivity contribution in [3.05, 3.63) is 144 Å². The van der Waals surface area contributed by atoms with Crippen LogP contribution in [0.25, 0.3) is 28.9 Å². The number of nitrogens with zero attached hydrogens (tertiary/aromatic N) is 2. The maximum atomic E-state index is 13.5. The number of hydrogen-bond donors (Lipinski definition) is 3. The first-order valence-electron chi connectivity index (χ1n) is 15.9. The van der Waals surface area contributed by atoms with Crippen molar-refractivity contribution in [3.63, 3.8) is 0 Å². The Morgan fingerprint density at radius 3 is 2.02 bits per heavy atom. The minimum atomic E-state index is -1.27. The van der Waals surface area contributed by atoms with Gasteiger partial charge in [-0.3, -0.25) is 14.4 Å². The molecular formula is C39H36N4O6. The van der Waals surface area contributed by atoms with Gasteiger partial charge in [-0.25, -0.2) is 9.78 Å². The maximum Gasteiger partial charge on any atom is 0.326 e. The molecule has 1 atom stereocenters. The second kappa shape index (κ2) is 17.0. The predicted octanol–water partition coefficient (Wildman–Crippen LogP) is 5.83. The molecule has 0 bridgehead atoms. The topological polar surface area (TPSA) is 142 Å². The third kappa shape index (κ3) is 9.85. The highest BCUT2D eigenvalue weighted by Gasteiger charge is 2.24. The molecule has 10 nitrogen and oxygen atoms in total. The molecule has 0 aliphatic heterocycles. The molecule has 3 amide bonds. The van der Waals surface area contributed by atoms with Gasteiger partial charge in [0, 0.05) is 43.3 Å². The van der Waals surface area contributed by atoms with Gasteiger partial charge in [-0.2, -0.15) is 0 Å². The Morgan fingerprint density at radius 2 is 1.39 bits per heavy atom. The van der Waals surface area contributed by atoms with Crippen LogP contribution in [-0.4, -0.2) is 57.8 Å². The molecule has 0 spiro atoms. The van der Waals surface area contributed by atoms with E-state index in [1.165, 1.54) is 6.08 Å². The molecule has 49 heavy (non-hydrogen) atoms. The highest BCUT2D eigenvalue weighted by Crippen LogP contribution is 2.29. The van der Waals surface area contributed by atoms with Crippen LogP contribution in [0.3, 0.4) is 0 Å². The summed E-state index contributed by atoms with van der Waals surface area (Å²) in [6.45, 7) is 0.493. The van der Waals surface area contributed by atoms with E-state index in [9.17, 15) is 24.3 Å². The zero-order chi connectivity index (χ0) is 34.4. The Hall–Kier alpha value is -6.29. The van der Waals surface area contributed by atoms with E-state index < -0.39 is 23.8 Å². The molecular weight excluding hydrogens is 620 g/mol. The number of rotatable bonds is 15. The summed E-state index contributed by atoms with van der Waals surface area (Å²) in [5, 5.41) is 15.1. The van der Waals surface area contributed by atoms with E-state index in [2.05, 4.69) is 15.6 Å². The molecule has 0 aliphatic rings. The lowest BCUT2D eigenvalue weighted by molar-refractivity contribution is -0.141. The molecule has 0 fully saturated rings. The van der Waals surface area contributed by atoms with Crippen LogP contribution in [0, 0.1) is 0 Å². The number of aliphatic carboxylic acids is 1. The first-order valence-corrected chi connectivity index (χ1v) is 15.9. The van der Waals surface area contributed by atoms with Crippen LogP contribution < -0.4 is 10.6 Å². The van der Waals surface area contributed by atoms with Gasteiger partial charge in [0.25, 0.3) is 5.91 Å². The molecule has 1 aromatic heterocycles. The molecule has 3 N–H and O–H groups in total. The van der Waals surface area contributed by atoms with Gasteiger partial charge in [0.1, 0.15) is 6.04 Å². The number of carboxylic acids is 1. The predicted molar refractivity (Wildman–Crippen MR) is 186 cm³/mol. The van der Waals surface area contributed by atoms with Crippen molar-refractivity contribution in [1.29, 1.82) is 0 Å². The molecule has 0 saturated heterocycles. The summed E-state index contributed by atoms with van der Waals surface area (Å²) in [5.41, 5.74) is 3.19. The number of aromatic nitrogens is 1. The van der Waals surface area contributed by atoms with Gasteiger partial charge in [0.15, 0.2) is 11.5 Å². The summed E-state index contributed by atoms with van der Waals surface area (Å²) in [5.74, 6) is -1.97. The fourth-order valence-corrected chi connectivity index (χ4v) is 5.09. The van der Waals surface area contributed by atoms with Gasteiger partial charge in [-0.1, -0.05) is 109 Å². The summed E-state index contributed by atoms with van der Waals surface area (Å²) >= 11 is 0. The monoisotopic (exact) mass is 656 g/mol. The van der Waals surface area contributed by atoms with E-state index in [-0.39, 0.29) is 44.1 Å². The summed E-state index contributed by atoms with van der Waals surface area (Å²) < 4.78 is 6.07. The fraction of sp³-hybridized carbons (Fsp3) is 0.154. The molecule has 1 heterocycles. The largest absolute Gasteiger partial charge is 0.480 e. The highest BCUT2D eigenvalue weighted by atomic mass is 16.4. The van der Waals surface area contributed by atoms with E-state index in [0.29, 0.717) is 17.2 Å². The highest BCUT2D eigenvalue weighted by molar-refractivity contribution is 5.98. The number of oxazole rings is 1. The van der Waals surface area contributed by atoms with Gasteiger partial charge in [0.2, 0.25) is 17.7 Å². The summed E-state index contributed by atoms with van der Waals surface area (Å²) in [7, 11) is 0. The third-order valence-corrected chi connectivity index (χ3v) is 7.62. The molecule has 1 unspecified atom stereocenters. The van der Waals surface area contributed by atoms with Crippen molar-refractivity contribution in [2.45, 2.75) is 25.4 Å². The lowest BCUT2D eigenvalue weighted by atomic mass is 10.1. The minimum absolute atomic E-state index is 0.0997. The molecule has 0 radical (unpaired) electrons. The van der Waals surface area contributed by atoms with Crippen LogP contribution in [0.15, 0.2) is 132 Å². The molecule has 4 aromatic carbocycles. The second-order valence-corrected chi connectivity index (χ2v) is 11.2. The standard InChI is InChI=1S/C39H36N4O6/c44-33(23-21-28-13-5-1-6-14-28)41-32(39(47)48)22-24-34(45)43(27-29-15-7-2-8-16-29)26-25-40-37(46)35-36(30-17-9-3-10-18-30)49-38(42-35)31-19-11-4-12-20-31/h1-21,23,32H,22,24-27H2,(H,40,46)(H,41,44)(H,47,48)/b23-21+. The van der Waals surface area contributed by atoms with Crippen molar-refractivity contribution < 1.29 is 28.7 Å². The van der Waals surface area contributed by atoms with Crippen molar-refractivity contribution in [2.75, 3.05) is 13.1 Å². The van der Waals surface area contributed by atoms with Crippen molar-refractivity contribution in [3.8, 4) is 22.8 Å². The SMILES string of the molecule is O=C(/C=C/c1ccccc1)NC(CCC(=O)N(CCNC(=O)c1nc(-c2ccccc2)oc1-c1ccccc1)Cc1ccccc1)C(=O)O. The maximum absolute atomic E-state index is 13.5. The van der Waals surface area contributed by atoms with E-state index in [4.69, 9.17) is 4.42 Å². The Bertz CT molecular complexity index is 1880. The number of hydrogen-bond acceptors (Lipinski definition) is 6. The van der Waals surface area contributed by atoms with Gasteiger partial charge in [-0.05, 0) is 35.8 Å². The Balaban J connectivity index is 1.24. The Labute approximate surface area is 284 Å². The summed E-state index contributed by atoms with van der Waals surface area (Å²) in [6.07, 6.45) is 2.60. The first kappa shape index (κ1) is 34.1. The Kier molecular flexibility index (Phi) is 11.8. The first-order chi connectivity index (χ1) is 23.9. The lowest BCUT2D eigenvalue weighted by Gasteiger charge is -2.24. The van der Waals surface area contributed by atoms with Crippen molar-refractivity contribution in [2.24, 2.45) is 0 Å². The van der Waals surface area contributed by atoms with Crippen LogP contribution in [-0.2, 0) is 20.9 Å². The minimum Gasteiger partial charge on any atom is -0.480 e. The summed E-state index contributed by atoms with van der Waals surface area (Å²) in [6, 6.07) is 35.7. The molecule has 10 heteroatoms. The normalized spacial score (nSPS) is 11.5. The number of nitrogens with one attached hydrogen (secondary N) is 2. The van der Waals surface area contributed by atoms with Gasteiger partial charge in [-0.15, -0.1) is 0 Å². The average Bonchev–Trinajstić information content (AvgIpc) is 3.59. The van der Waals surface area contributed by atoms with Crippen LogP contribution in [0.4, 0.5) is 0 Å². The fourth-order valence-electron chi connectivity index (χ4n) is 5.09. The molecule has 0 aliphatic carbocycles. The Morgan fingerprint density at radius 1 is 0.796 bits per heavy atom. The van der Waals surface area contributed by atoms with E-state index in [1.807, 2.05) is 121 Å². The third-order valence-electron chi connectivity index (χ3n) is 7.62. The zero-order valence-corrected chi connectivity index (χ0v) is 26.7. The van der Waals surface area contributed by atoms with Crippen LogP contribution in [0.2, 0.25) is 0 Å². The molecule has 0 saturated carbocycles. The number of carboxylic acid groups (broad SMARTS) is 1. The smallest absolute Gasteiger partial charge is 0.326 e. The van der Waals surface area contributed by atoms with Gasteiger partial charge < -0.3 is 25.1 Å². The molecule has 5 aromatic rings. The number of carbonyl (C=O) groups is 4. The quantitative estimate of drug-likeness (QED) is 0.120. The average molecular weight is 657 g/mol. The number of benzene rings is 4. The van der Waals surface area contributed by atoms with Crippen LogP contribution >= 0.6 is 0 Å². The van der Waals surface area contributed by atoms with E-state index in [1.54, 1.807) is 11.0 Å². The van der Waals surface area contributed by atoms with Crippen LogP contribution in [0.5, 0.6) is 0 Å². The van der Waals surface area contributed by atoms with E-state index >= 15 is 0 Å². The van der Waals surface area contributed by atoms with Crippen molar-refractivity contribution in [1.82, 2.24) is 20.5 Å². The van der Waals surface area contributed by atoms with Crippen molar-refractivity contribution >= 4 is 29.8 Å². The van der Waals surface area contributed by atoms with Gasteiger partial charge >= 0.3 is 5.97 Å². The number of amides is 3. The second-order valence-electron chi connectivity index (χ2n) is 11.2.